The van der Waals surface area contributed by atoms with Crippen LogP contribution in [0.4, 0.5) is 9.93 Å². The van der Waals surface area contributed by atoms with Crippen molar-refractivity contribution in [1.29, 1.82) is 0 Å². The van der Waals surface area contributed by atoms with Crippen molar-refractivity contribution >= 4 is 22.5 Å². The summed E-state index contributed by atoms with van der Waals surface area (Å²) in [7, 11) is 0. The number of thiazole rings is 1. The third-order valence-electron chi connectivity index (χ3n) is 7.31. The Morgan fingerprint density at radius 2 is 1.59 bits per heavy atom. The van der Waals surface area contributed by atoms with Crippen molar-refractivity contribution < 1.29 is 9.53 Å². The predicted molar refractivity (Wildman–Crippen MR) is 159 cm³/mol. The predicted octanol–water partition coefficient (Wildman–Crippen LogP) is 6.51. The van der Waals surface area contributed by atoms with Crippen LogP contribution in [0.3, 0.4) is 0 Å². The van der Waals surface area contributed by atoms with Crippen LogP contribution in [-0.2, 0) is 4.74 Å². The summed E-state index contributed by atoms with van der Waals surface area (Å²) < 4.78 is 5.52. The summed E-state index contributed by atoms with van der Waals surface area (Å²) in [5, 5.41) is 5.73. The molecule has 0 aliphatic carbocycles. The van der Waals surface area contributed by atoms with Crippen molar-refractivity contribution in [3.63, 3.8) is 0 Å². The maximum Gasteiger partial charge on any atom is 0.323 e. The summed E-state index contributed by atoms with van der Waals surface area (Å²) >= 11 is 1.47. The van der Waals surface area contributed by atoms with Crippen LogP contribution >= 0.6 is 11.3 Å². The SMILES string of the molecule is Cc1ccccc1-c1csc(NC(=O)N(CCC(c2ccccc2)c2ccccc2)CCN2CCOCC2)n1. The molecule has 2 heterocycles. The summed E-state index contributed by atoms with van der Waals surface area (Å²) in [6.07, 6.45) is 0.830. The molecule has 3 aromatic carbocycles. The molecule has 39 heavy (non-hydrogen) atoms. The molecule has 1 aromatic heterocycles. The number of anilines is 1. The molecule has 1 saturated heterocycles. The van der Waals surface area contributed by atoms with Gasteiger partial charge in [0.05, 0.1) is 18.9 Å². The van der Waals surface area contributed by atoms with Crippen LogP contribution in [0.5, 0.6) is 0 Å². The van der Waals surface area contributed by atoms with E-state index in [1.807, 2.05) is 34.5 Å². The number of ether oxygens (including phenoxy) is 1. The maximum atomic E-state index is 13.6. The number of rotatable bonds is 10. The minimum absolute atomic E-state index is 0.103. The van der Waals surface area contributed by atoms with Gasteiger partial charge in [0.2, 0.25) is 0 Å². The Morgan fingerprint density at radius 3 is 2.26 bits per heavy atom. The average molecular weight is 541 g/mol. The van der Waals surface area contributed by atoms with E-state index < -0.39 is 0 Å². The Morgan fingerprint density at radius 1 is 0.949 bits per heavy atom. The molecular weight excluding hydrogens is 504 g/mol. The molecule has 202 valence electrons. The maximum absolute atomic E-state index is 13.6. The van der Waals surface area contributed by atoms with E-state index in [0.717, 1.165) is 50.5 Å². The van der Waals surface area contributed by atoms with Crippen LogP contribution in [0, 0.1) is 6.92 Å². The van der Waals surface area contributed by atoms with Gasteiger partial charge in [0.15, 0.2) is 5.13 Å². The molecule has 0 bridgehead atoms. The van der Waals surface area contributed by atoms with Crippen molar-refractivity contribution in [2.24, 2.45) is 0 Å². The summed E-state index contributed by atoms with van der Waals surface area (Å²) in [4.78, 5) is 22.7. The number of benzene rings is 3. The lowest BCUT2D eigenvalue weighted by Crippen LogP contribution is -2.44. The average Bonchev–Trinajstić information content (AvgIpc) is 3.44. The molecule has 1 N–H and O–H groups in total. The number of carbonyl (C=O) groups excluding carboxylic acids is 1. The number of hydrogen-bond acceptors (Lipinski definition) is 5. The van der Waals surface area contributed by atoms with Crippen LogP contribution in [0.1, 0.15) is 29.0 Å². The first-order chi connectivity index (χ1) is 19.2. The number of carbonyl (C=O) groups is 1. The van der Waals surface area contributed by atoms with Crippen LogP contribution < -0.4 is 5.32 Å². The third-order valence-corrected chi connectivity index (χ3v) is 8.07. The Bertz CT molecular complexity index is 1280. The number of aromatic nitrogens is 1. The second-order valence-electron chi connectivity index (χ2n) is 9.89. The van der Waals surface area contributed by atoms with Gasteiger partial charge in [0.25, 0.3) is 0 Å². The molecule has 1 aliphatic rings. The molecule has 1 fully saturated rings. The lowest BCUT2D eigenvalue weighted by molar-refractivity contribution is 0.0351. The van der Waals surface area contributed by atoms with Gasteiger partial charge >= 0.3 is 6.03 Å². The van der Waals surface area contributed by atoms with Crippen molar-refractivity contribution in [2.45, 2.75) is 19.3 Å². The van der Waals surface area contributed by atoms with E-state index >= 15 is 0 Å². The van der Waals surface area contributed by atoms with Crippen LogP contribution in [0.25, 0.3) is 11.3 Å². The molecule has 0 saturated carbocycles. The zero-order valence-electron chi connectivity index (χ0n) is 22.5. The summed E-state index contributed by atoms with van der Waals surface area (Å²) in [6, 6.07) is 29.2. The first-order valence-corrected chi connectivity index (χ1v) is 14.5. The van der Waals surface area contributed by atoms with Gasteiger partial charge in [0, 0.05) is 49.6 Å². The number of urea groups is 1. The highest BCUT2D eigenvalue weighted by molar-refractivity contribution is 7.14. The largest absolute Gasteiger partial charge is 0.379 e. The minimum atomic E-state index is -0.103. The van der Waals surface area contributed by atoms with Gasteiger partial charge in [-0.25, -0.2) is 9.78 Å². The first-order valence-electron chi connectivity index (χ1n) is 13.6. The third kappa shape index (κ3) is 7.32. The van der Waals surface area contributed by atoms with E-state index in [4.69, 9.17) is 9.72 Å². The number of nitrogens with one attached hydrogen (secondary N) is 1. The van der Waals surface area contributed by atoms with E-state index in [2.05, 4.69) is 77.8 Å². The Hall–Kier alpha value is -3.52. The lowest BCUT2D eigenvalue weighted by atomic mass is 9.88. The molecule has 1 aliphatic heterocycles. The van der Waals surface area contributed by atoms with Crippen molar-refractivity contribution in [1.82, 2.24) is 14.8 Å². The number of nitrogens with zero attached hydrogens (tertiary/aromatic N) is 3. The molecular formula is C32H36N4O2S. The molecule has 6 nitrogen and oxygen atoms in total. The number of aryl methyl sites for hydroxylation is 1. The van der Waals surface area contributed by atoms with Gasteiger partial charge in [0.1, 0.15) is 0 Å². The van der Waals surface area contributed by atoms with Gasteiger partial charge in [-0.1, -0.05) is 84.9 Å². The number of hydrogen-bond donors (Lipinski definition) is 1. The fourth-order valence-corrected chi connectivity index (χ4v) is 5.77. The highest BCUT2D eigenvalue weighted by atomic mass is 32.1. The fraction of sp³-hybridized carbons (Fsp3) is 0.312. The Balaban J connectivity index is 1.31. The van der Waals surface area contributed by atoms with E-state index in [0.29, 0.717) is 18.2 Å². The molecule has 0 radical (unpaired) electrons. The highest BCUT2D eigenvalue weighted by Crippen LogP contribution is 2.29. The van der Waals surface area contributed by atoms with E-state index in [1.54, 1.807) is 0 Å². The van der Waals surface area contributed by atoms with Crippen LogP contribution in [-0.4, -0.2) is 66.8 Å². The molecule has 0 unspecified atom stereocenters. The van der Waals surface area contributed by atoms with Crippen molar-refractivity contribution in [3.05, 3.63) is 107 Å². The molecule has 7 heteroatoms. The second-order valence-corrected chi connectivity index (χ2v) is 10.7. The van der Waals surface area contributed by atoms with Crippen LogP contribution in [0.15, 0.2) is 90.3 Å². The lowest BCUT2D eigenvalue weighted by Gasteiger charge is -2.31. The Labute approximate surface area is 235 Å². The molecule has 0 atom stereocenters. The zero-order valence-corrected chi connectivity index (χ0v) is 23.3. The summed E-state index contributed by atoms with van der Waals surface area (Å²) in [5.74, 6) is 0.207. The van der Waals surface area contributed by atoms with Crippen molar-refractivity contribution in [3.8, 4) is 11.3 Å². The zero-order chi connectivity index (χ0) is 26.9. The molecule has 2 amide bonds. The molecule has 0 spiro atoms. The minimum Gasteiger partial charge on any atom is -0.379 e. The monoisotopic (exact) mass is 540 g/mol. The van der Waals surface area contributed by atoms with Crippen LogP contribution in [0.2, 0.25) is 0 Å². The van der Waals surface area contributed by atoms with E-state index in [1.165, 1.54) is 28.0 Å². The highest BCUT2D eigenvalue weighted by Gasteiger charge is 2.21. The quantitative estimate of drug-likeness (QED) is 0.249. The van der Waals surface area contributed by atoms with E-state index in [-0.39, 0.29) is 11.9 Å². The van der Waals surface area contributed by atoms with Gasteiger partial charge in [-0.2, -0.15) is 0 Å². The van der Waals surface area contributed by atoms with Crippen molar-refractivity contribution in [2.75, 3.05) is 51.3 Å². The van der Waals surface area contributed by atoms with Gasteiger partial charge in [-0.05, 0) is 30.0 Å². The summed E-state index contributed by atoms with van der Waals surface area (Å²) in [5.41, 5.74) is 5.68. The number of amides is 2. The first kappa shape index (κ1) is 27.1. The Kier molecular flexibility index (Phi) is 9.38. The standard InChI is InChI=1S/C32H36N4O2S/c1-25-10-8-9-15-28(25)30-24-39-31(33-30)34-32(37)36(19-18-35-20-22-38-23-21-35)17-16-29(26-11-4-2-5-12-26)27-13-6-3-7-14-27/h2-15,24,29H,16-23H2,1H3,(H,33,34,37). The summed E-state index contributed by atoms with van der Waals surface area (Å²) in [6.45, 7) is 7.49. The topological polar surface area (TPSA) is 57.7 Å². The fourth-order valence-electron chi connectivity index (χ4n) is 5.07. The second kappa shape index (κ2) is 13.5. The van der Waals surface area contributed by atoms with Gasteiger partial charge in [-0.3, -0.25) is 10.2 Å². The van der Waals surface area contributed by atoms with Gasteiger partial charge in [-0.15, -0.1) is 11.3 Å². The number of morpholine rings is 1. The van der Waals surface area contributed by atoms with Gasteiger partial charge < -0.3 is 9.64 Å². The molecule has 5 rings (SSSR count). The normalized spacial score (nSPS) is 13.9. The van der Waals surface area contributed by atoms with E-state index in [9.17, 15) is 4.79 Å². The molecule has 4 aromatic rings. The smallest absolute Gasteiger partial charge is 0.323 e.